The fourth-order valence-electron chi connectivity index (χ4n) is 1.47. The minimum absolute atomic E-state index is 0.0247. The Bertz CT molecular complexity index is 558. The highest BCUT2D eigenvalue weighted by atomic mass is 32.1. The molecule has 1 atom stereocenters. The van der Waals surface area contributed by atoms with Crippen molar-refractivity contribution in [1.82, 2.24) is 10.3 Å². The van der Waals surface area contributed by atoms with Crippen LogP contribution in [0.15, 0.2) is 12.3 Å². The molecule has 1 heterocycles. The lowest BCUT2D eigenvalue weighted by molar-refractivity contribution is -0.146. The van der Waals surface area contributed by atoms with Crippen LogP contribution < -0.4 is 5.32 Å². The van der Waals surface area contributed by atoms with Gasteiger partial charge in [-0.05, 0) is 19.4 Å². The first-order chi connectivity index (χ1) is 9.58. The zero-order chi connectivity index (χ0) is 16.3. The third-order valence-electron chi connectivity index (χ3n) is 3.14. The number of amides is 1. The van der Waals surface area contributed by atoms with Crippen LogP contribution in [0.2, 0.25) is 0 Å². The van der Waals surface area contributed by atoms with E-state index in [0.29, 0.717) is 6.42 Å². The molecule has 1 rings (SSSR count). The molecule has 0 saturated heterocycles. The van der Waals surface area contributed by atoms with Crippen molar-refractivity contribution in [3.8, 4) is 0 Å². The first-order valence-electron chi connectivity index (χ1n) is 6.78. The molecule has 0 aliphatic carbocycles. The van der Waals surface area contributed by atoms with Crippen LogP contribution in [0.1, 0.15) is 50.9 Å². The maximum absolute atomic E-state index is 11.8. The number of nitrogens with zero attached hydrogens (tertiary/aromatic N) is 1. The standard InChI is InChI=1S/C15H22N2O3S/c1-6-15(5,13(19)20)17-11(18)8-7-10-9-16-12(21-10)14(2,3)4/h7-9H,6H2,1-5H3,(H,17,18)(H,19,20). The molecule has 0 spiro atoms. The number of carboxylic acids is 1. The van der Waals surface area contributed by atoms with Crippen LogP contribution in [0.3, 0.4) is 0 Å². The first-order valence-corrected chi connectivity index (χ1v) is 7.60. The molecule has 0 bridgehead atoms. The Morgan fingerprint density at radius 2 is 2.00 bits per heavy atom. The minimum atomic E-state index is -1.24. The van der Waals surface area contributed by atoms with E-state index in [1.807, 2.05) is 0 Å². The van der Waals surface area contributed by atoms with Gasteiger partial charge >= 0.3 is 5.97 Å². The van der Waals surface area contributed by atoms with Gasteiger partial charge in [-0.2, -0.15) is 0 Å². The zero-order valence-electron chi connectivity index (χ0n) is 13.1. The summed E-state index contributed by atoms with van der Waals surface area (Å²) in [4.78, 5) is 28.1. The molecule has 1 aromatic heterocycles. The monoisotopic (exact) mass is 310 g/mol. The molecule has 0 aliphatic rings. The van der Waals surface area contributed by atoms with Crippen molar-refractivity contribution < 1.29 is 14.7 Å². The van der Waals surface area contributed by atoms with Gasteiger partial charge in [0.1, 0.15) is 5.54 Å². The Labute approximate surface area is 129 Å². The van der Waals surface area contributed by atoms with Gasteiger partial charge in [-0.25, -0.2) is 9.78 Å². The summed E-state index contributed by atoms with van der Waals surface area (Å²) in [5.41, 5.74) is -1.27. The molecule has 0 fully saturated rings. The largest absolute Gasteiger partial charge is 0.480 e. The summed E-state index contributed by atoms with van der Waals surface area (Å²) in [6.07, 6.45) is 5.03. The number of nitrogens with one attached hydrogen (secondary N) is 1. The fraction of sp³-hybridized carbons (Fsp3) is 0.533. The Morgan fingerprint density at radius 3 is 2.43 bits per heavy atom. The number of thiazole rings is 1. The summed E-state index contributed by atoms with van der Waals surface area (Å²) in [6.45, 7) is 9.44. The number of carbonyl (C=O) groups is 2. The Hall–Kier alpha value is -1.69. The lowest BCUT2D eigenvalue weighted by Gasteiger charge is -2.23. The van der Waals surface area contributed by atoms with E-state index >= 15 is 0 Å². The summed E-state index contributed by atoms with van der Waals surface area (Å²) in [5, 5.41) is 12.6. The van der Waals surface area contributed by atoms with Crippen LogP contribution in [0.5, 0.6) is 0 Å². The van der Waals surface area contributed by atoms with Crippen LogP contribution in [-0.2, 0) is 15.0 Å². The van der Waals surface area contributed by atoms with E-state index in [2.05, 4.69) is 31.1 Å². The maximum Gasteiger partial charge on any atom is 0.329 e. The van der Waals surface area contributed by atoms with E-state index in [4.69, 9.17) is 5.11 Å². The summed E-state index contributed by atoms with van der Waals surface area (Å²) < 4.78 is 0. The molecule has 0 radical (unpaired) electrons. The third kappa shape index (κ3) is 4.67. The van der Waals surface area contributed by atoms with Crippen LogP contribution in [0.25, 0.3) is 6.08 Å². The molecule has 5 nitrogen and oxygen atoms in total. The SMILES string of the molecule is CCC(C)(NC(=O)C=Cc1cnc(C(C)(C)C)s1)C(=O)O. The Kier molecular flexibility index (Phi) is 5.28. The summed E-state index contributed by atoms with van der Waals surface area (Å²) >= 11 is 1.52. The Morgan fingerprint density at radius 1 is 1.38 bits per heavy atom. The van der Waals surface area contributed by atoms with Crippen molar-refractivity contribution in [2.45, 2.75) is 52.0 Å². The fourth-order valence-corrected chi connectivity index (χ4v) is 2.35. The van der Waals surface area contributed by atoms with Crippen molar-refractivity contribution in [2.75, 3.05) is 0 Å². The van der Waals surface area contributed by atoms with Gasteiger partial charge in [0.25, 0.3) is 0 Å². The van der Waals surface area contributed by atoms with E-state index in [0.717, 1.165) is 9.88 Å². The molecule has 1 aromatic rings. The summed E-state index contributed by atoms with van der Waals surface area (Å²) in [5.74, 6) is -1.47. The van der Waals surface area contributed by atoms with Crippen LogP contribution >= 0.6 is 11.3 Å². The van der Waals surface area contributed by atoms with Crippen molar-refractivity contribution >= 4 is 29.3 Å². The average molecular weight is 310 g/mol. The van der Waals surface area contributed by atoms with Gasteiger partial charge in [0.2, 0.25) is 5.91 Å². The topological polar surface area (TPSA) is 79.3 Å². The molecule has 0 saturated carbocycles. The van der Waals surface area contributed by atoms with E-state index < -0.39 is 17.4 Å². The third-order valence-corrected chi connectivity index (χ3v) is 4.53. The Balaban J connectivity index is 2.75. The molecule has 6 heteroatoms. The number of carboxylic acid groups (broad SMARTS) is 1. The lowest BCUT2D eigenvalue weighted by atomic mass is 9.98. The van der Waals surface area contributed by atoms with Gasteiger partial charge in [-0.3, -0.25) is 4.79 Å². The first kappa shape index (κ1) is 17.4. The van der Waals surface area contributed by atoms with Crippen molar-refractivity contribution in [3.63, 3.8) is 0 Å². The van der Waals surface area contributed by atoms with Crippen molar-refractivity contribution in [1.29, 1.82) is 0 Å². The van der Waals surface area contributed by atoms with E-state index in [1.54, 1.807) is 19.2 Å². The molecule has 2 N–H and O–H groups in total. The minimum Gasteiger partial charge on any atom is -0.480 e. The van der Waals surface area contributed by atoms with Gasteiger partial charge in [0, 0.05) is 22.6 Å². The smallest absolute Gasteiger partial charge is 0.329 e. The molecule has 116 valence electrons. The predicted octanol–water partition coefficient (Wildman–Crippen LogP) is 2.82. The summed E-state index contributed by atoms with van der Waals surface area (Å²) in [6, 6.07) is 0. The number of aliphatic carboxylic acids is 1. The highest BCUT2D eigenvalue weighted by Gasteiger charge is 2.32. The molecular weight excluding hydrogens is 288 g/mol. The second kappa shape index (κ2) is 6.39. The van der Waals surface area contributed by atoms with E-state index in [1.165, 1.54) is 24.3 Å². The summed E-state index contributed by atoms with van der Waals surface area (Å²) in [7, 11) is 0. The number of aromatic nitrogens is 1. The molecule has 21 heavy (non-hydrogen) atoms. The number of hydrogen-bond donors (Lipinski definition) is 2. The van der Waals surface area contributed by atoms with Crippen LogP contribution in [0, 0.1) is 0 Å². The zero-order valence-corrected chi connectivity index (χ0v) is 13.9. The molecule has 0 aliphatic heterocycles. The van der Waals surface area contributed by atoms with Gasteiger partial charge in [-0.15, -0.1) is 11.3 Å². The van der Waals surface area contributed by atoms with E-state index in [-0.39, 0.29) is 5.41 Å². The van der Waals surface area contributed by atoms with Gasteiger partial charge in [0.15, 0.2) is 0 Å². The number of hydrogen-bond acceptors (Lipinski definition) is 4. The number of rotatable bonds is 5. The second-order valence-corrected chi connectivity index (χ2v) is 7.19. The molecule has 1 amide bonds. The van der Waals surface area contributed by atoms with Gasteiger partial charge in [0.05, 0.1) is 5.01 Å². The highest BCUT2D eigenvalue weighted by molar-refractivity contribution is 7.12. The average Bonchev–Trinajstić information content (AvgIpc) is 2.84. The van der Waals surface area contributed by atoms with Gasteiger partial charge < -0.3 is 10.4 Å². The van der Waals surface area contributed by atoms with Gasteiger partial charge in [-0.1, -0.05) is 27.7 Å². The van der Waals surface area contributed by atoms with Crippen LogP contribution in [-0.4, -0.2) is 27.5 Å². The lowest BCUT2D eigenvalue weighted by Crippen LogP contribution is -2.51. The quantitative estimate of drug-likeness (QED) is 0.820. The maximum atomic E-state index is 11.8. The molecule has 1 unspecified atom stereocenters. The highest BCUT2D eigenvalue weighted by Crippen LogP contribution is 2.27. The van der Waals surface area contributed by atoms with E-state index in [9.17, 15) is 9.59 Å². The van der Waals surface area contributed by atoms with Crippen molar-refractivity contribution in [2.24, 2.45) is 0 Å². The van der Waals surface area contributed by atoms with Crippen molar-refractivity contribution in [3.05, 3.63) is 22.2 Å². The molecular formula is C15H22N2O3S. The second-order valence-electron chi connectivity index (χ2n) is 6.13. The predicted molar refractivity (Wildman–Crippen MR) is 84.3 cm³/mol. The van der Waals surface area contributed by atoms with Crippen LogP contribution in [0.4, 0.5) is 0 Å². The normalized spacial score (nSPS) is 14.9. The number of carbonyl (C=O) groups excluding carboxylic acids is 1. The molecule has 0 aromatic carbocycles.